The van der Waals surface area contributed by atoms with E-state index in [1.54, 1.807) is 28.9 Å². The molecule has 1 aromatic carbocycles. The van der Waals surface area contributed by atoms with Crippen LogP contribution in [0.5, 0.6) is 0 Å². The fourth-order valence-electron chi connectivity index (χ4n) is 5.95. The molecule has 0 spiro atoms. The summed E-state index contributed by atoms with van der Waals surface area (Å²) in [7, 11) is 0. The van der Waals surface area contributed by atoms with Crippen LogP contribution in [0.2, 0.25) is 0 Å². The molecule has 3 aromatic rings. The first-order valence-electron chi connectivity index (χ1n) is 13.8. The summed E-state index contributed by atoms with van der Waals surface area (Å²) in [5.74, 6) is -0.387. The van der Waals surface area contributed by atoms with E-state index in [9.17, 15) is 27.9 Å². The standard InChI is InChI=1S/C31H36F3N3O4/c1-28(2,3)21-13-22(18-7-9-20(10-8-18)31(32,33)34)35-23-14-24(41-25(21)23)27(39)37-12-11-36(17-29(37,4)5)26(38)19-15-30(6,40)16-19/h7-10,13-14,19,40H,11-12,15-17H2,1-6H3/t19-,30+. The molecule has 2 fully saturated rings. The molecular weight excluding hydrogens is 535 g/mol. The first kappa shape index (κ1) is 29.1. The van der Waals surface area contributed by atoms with Crippen LogP contribution in [0, 0.1) is 5.92 Å². The van der Waals surface area contributed by atoms with Crippen molar-refractivity contribution < 1.29 is 32.3 Å². The second-order valence-electron chi connectivity index (χ2n) is 13.3. The van der Waals surface area contributed by atoms with Gasteiger partial charge >= 0.3 is 6.18 Å². The van der Waals surface area contributed by atoms with Crippen LogP contribution in [-0.4, -0.2) is 62.5 Å². The smallest absolute Gasteiger partial charge is 0.416 e. The largest absolute Gasteiger partial charge is 0.449 e. The van der Waals surface area contributed by atoms with E-state index >= 15 is 0 Å². The molecule has 1 aliphatic heterocycles. The highest BCUT2D eigenvalue weighted by Crippen LogP contribution is 2.40. The van der Waals surface area contributed by atoms with E-state index in [0.717, 1.165) is 17.7 Å². The molecule has 7 nitrogen and oxygen atoms in total. The molecule has 1 N–H and O–H groups in total. The zero-order valence-electron chi connectivity index (χ0n) is 24.2. The number of carbonyl (C=O) groups is 2. The maximum atomic E-state index is 13.8. The number of nitrogens with zero attached hydrogens (tertiary/aromatic N) is 3. The number of hydrogen-bond acceptors (Lipinski definition) is 5. The van der Waals surface area contributed by atoms with Crippen LogP contribution < -0.4 is 0 Å². The topological polar surface area (TPSA) is 86.9 Å². The van der Waals surface area contributed by atoms with Gasteiger partial charge in [-0.3, -0.25) is 9.59 Å². The molecule has 2 aliphatic rings. The minimum atomic E-state index is -4.43. The molecule has 10 heteroatoms. The molecule has 220 valence electrons. The third kappa shape index (κ3) is 5.58. The molecule has 0 unspecified atom stereocenters. The second kappa shape index (κ2) is 9.58. The number of fused-ring (bicyclic) bond motifs is 1. The molecule has 3 heterocycles. The lowest BCUT2D eigenvalue weighted by atomic mass is 9.71. The first-order valence-corrected chi connectivity index (χ1v) is 13.8. The fraction of sp³-hybridized carbons (Fsp3) is 0.516. The van der Waals surface area contributed by atoms with E-state index < -0.39 is 28.3 Å². The van der Waals surface area contributed by atoms with Crippen LogP contribution >= 0.6 is 0 Å². The Hall–Kier alpha value is -3.40. The van der Waals surface area contributed by atoms with Crippen LogP contribution in [0.25, 0.3) is 22.4 Å². The van der Waals surface area contributed by atoms with Gasteiger partial charge in [0.25, 0.3) is 5.91 Å². The number of benzene rings is 1. The number of amides is 2. The molecule has 0 bridgehead atoms. The summed E-state index contributed by atoms with van der Waals surface area (Å²) in [4.78, 5) is 34.9. The molecule has 41 heavy (non-hydrogen) atoms. The average molecular weight is 572 g/mol. The van der Waals surface area contributed by atoms with E-state index in [4.69, 9.17) is 4.42 Å². The number of alkyl halides is 3. The second-order valence-corrected chi connectivity index (χ2v) is 13.3. The molecule has 2 amide bonds. The van der Waals surface area contributed by atoms with E-state index in [-0.39, 0.29) is 23.5 Å². The summed E-state index contributed by atoms with van der Waals surface area (Å²) in [6.45, 7) is 12.6. The molecule has 1 saturated heterocycles. The van der Waals surface area contributed by atoms with Crippen molar-refractivity contribution in [1.29, 1.82) is 0 Å². The fourth-order valence-corrected chi connectivity index (χ4v) is 5.95. The van der Waals surface area contributed by atoms with E-state index in [0.29, 0.717) is 54.8 Å². The normalized spacial score (nSPS) is 23.0. The van der Waals surface area contributed by atoms with Crippen molar-refractivity contribution in [2.45, 2.75) is 77.1 Å². The highest BCUT2D eigenvalue weighted by atomic mass is 19.4. The van der Waals surface area contributed by atoms with E-state index in [1.807, 2.05) is 34.6 Å². The summed E-state index contributed by atoms with van der Waals surface area (Å²) in [6, 6.07) is 8.23. The van der Waals surface area contributed by atoms with Gasteiger partial charge in [0.2, 0.25) is 5.91 Å². The van der Waals surface area contributed by atoms with Crippen LogP contribution in [0.4, 0.5) is 13.2 Å². The van der Waals surface area contributed by atoms with E-state index in [1.165, 1.54) is 12.1 Å². The van der Waals surface area contributed by atoms with Crippen molar-refractivity contribution >= 4 is 22.9 Å². The van der Waals surface area contributed by atoms with Crippen molar-refractivity contribution in [1.82, 2.24) is 14.8 Å². The van der Waals surface area contributed by atoms with Gasteiger partial charge in [0, 0.05) is 42.7 Å². The predicted octanol–water partition coefficient (Wildman–Crippen LogP) is 6.04. The van der Waals surface area contributed by atoms with Gasteiger partial charge in [-0.25, -0.2) is 4.98 Å². The third-order valence-corrected chi connectivity index (χ3v) is 8.19. The van der Waals surface area contributed by atoms with Crippen molar-refractivity contribution in [2.75, 3.05) is 19.6 Å². The van der Waals surface area contributed by atoms with Crippen LogP contribution in [0.15, 0.2) is 40.8 Å². The molecule has 0 atom stereocenters. The lowest BCUT2D eigenvalue weighted by Gasteiger charge is -2.49. The summed E-state index contributed by atoms with van der Waals surface area (Å²) in [5, 5.41) is 10.0. The van der Waals surface area contributed by atoms with Crippen molar-refractivity contribution in [2.24, 2.45) is 5.92 Å². The zero-order valence-corrected chi connectivity index (χ0v) is 24.2. The Morgan fingerprint density at radius 3 is 2.20 bits per heavy atom. The third-order valence-electron chi connectivity index (χ3n) is 8.19. The van der Waals surface area contributed by atoms with Gasteiger partial charge in [-0.15, -0.1) is 0 Å². The molecule has 1 saturated carbocycles. The number of halogens is 3. The molecule has 2 aromatic heterocycles. The molecule has 5 rings (SSSR count). The highest BCUT2D eigenvalue weighted by molar-refractivity contribution is 5.97. The van der Waals surface area contributed by atoms with E-state index in [2.05, 4.69) is 4.98 Å². The highest BCUT2D eigenvalue weighted by Gasteiger charge is 2.47. The number of rotatable bonds is 3. The number of aromatic nitrogens is 1. The predicted molar refractivity (Wildman–Crippen MR) is 148 cm³/mol. The molecule has 1 aliphatic carbocycles. The summed E-state index contributed by atoms with van der Waals surface area (Å²) in [5.41, 5.74) is 0.0916. The number of furan rings is 1. The maximum Gasteiger partial charge on any atom is 0.416 e. The van der Waals surface area contributed by atoms with Gasteiger partial charge in [-0.2, -0.15) is 13.2 Å². The number of pyridine rings is 1. The van der Waals surface area contributed by atoms with Crippen LogP contribution in [-0.2, 0) is 16.4 Å². The monoisotopic (exact) mass is 571 g/mol. The number of hydrogen-bond donors (Lipinski definition) is 1. The molecule has 0 radical (unpaired) electrons. The van der Waals surface area contributed by atoms with Gasteiger partial charge in [-0.1, -0.05) is 32.9 Å². The minimum absolute atomic E-state index is 0.00949. The lowest BCUT2D eigenvalue weighted by molar-refractivity contribution is -0.153. The Bertz CT molecular complexity index is 1490. The van der Waals surface area contributed by atoms with Gasteiger partial charge in [-0.05, 0) is 57.2 Å². The first-order chi connectivity index (χ1) is 18.9. The van der Waals surface area contributed by atoms with Crippen LogP contribution in [0.3, 0.4) is 0 Å². The van der Waals surface area contributed by atoms with Gasteiger partial charge in [0.1, 0.15) is 5.52 Å². The van der Waals surface area contributed by atoms with Gasteiger partial charge in [0.05, 0.1) is 22.4 Å². The summed E-state index contributed by atoms with van der Waals surface area (Å²) < 4.78 is 45.4. The maximum absolute atomic E-state index is 13.8. The quantitative estimate of drug-likeness (QED) is 0.415. The van der Waals surface area contributed by atoms with Gasteiger partial charge < -0.3 is 19.3 Å². The SMILES string of the molecule is CC(C)(C)c1cc(-c2ccc(C(F)(F)F)cc2)nc2cc(C(=O)N3CCN(C(=O)[C@H]4C[C@@](C)(O)C4)CC3(C)C)oc12. The minimum Gasteiger partial charge on any atom is -0.449 e. The number of piperazine rings is 1. The lowest BCUT2D eigenvalue weighted by Crippen LogP contribution is -2.63. The summed E-state index contributed by atoms with van der Waals surface area (Å²) >= 11 is 0. The van der Waals surface area contributed by atoms with Crippen molar-refractivity contribution in [3.05, 3.63) is 53.3 Å². The number of carbonyl (C=O) groups excluding carboxylic acids is 2. The van der Waals surface area contributed by atoms with Crippen LogP contribution in [0.1, 0.15) is 76.1 Å². The Morgan fingerprint density at radius 1 is 1.02 bits per heavy atom. The Balaban J connectivity index is 1.43. The van der Waals surface area contributed by atoms with Crippen molar-refractivity contribution in [3.63, 3.8) is 0 Å². The zero-order chi connectivity index (χ0) is 30.1. The Morgan fingerprint density at radius 2 is 1.66 bits per heavy atom. The summed E-state index contributed by atoms with van der Waals surface area (Å²) in [6.07, 6.45) is -3.54. The average Bonchev–Trinajstić information content (AvgIpc) is 3.28. The van der Waals surface area contributed by atoms with Gasteiger partial charge in [0.15, 0.2) is 11.3 Å². The molecular formula is C31H36F3N3O4. The number of aliphatic hydroxyl groups is 1. The van der Waals surface area contributed by atoms with Crippen molar-refractivity contribution in [3.8, 4) is 11.3 Å². The Kier molecular flexibility index (Phi) is 6.80. The Labute approximate surface area is 237 Å².